The number of anilines is 3. The number of para-hydroxylation sites is 1. The van der Waals surface area contributed by atoms with Gasteiger partial charge in [-0.15, -0.1) is 0 Å². The van der Waals surface area contributed by atoms with Gasteiger partial charge in [0.25, 0.3) is 0 Å². The first kappa shape index (κ1) is 16.9. The van der Waals surface area contributed by atoms with Crippen molar-refractivity contribution in [2.75, 3.05) is 10.2 Å². The summed E-state index contributed by atoms with van der Waals surface area (Å²) in [5, 5.41) is 5.91. The van der Waals surface area contributed by atoms with E-state index in [0.29, 0.717) is 17.9 Å². The zero-order valence-electron chi connectivity index (χ0n) is 15.2. The topological polar surface area (TPSA) is 57.3 Å². The molecule has 26 heavy (non-hydrogen) atoms. The van der Waals surface area contributed by atoms with Gasteiger partial charge in [-0.1, -0.05) is 37.5 Å². The SMILES string of the molecule is CC1Cc2ccccc2N1c1ccc(NC(=O)NC2CCCCC2)nc1. The van der Waals surface area contributed by atoms with Gasteiger partial charge < -0.3 is 10.2 Å². The number of pyridine rings is 1. The Bertz CT molecular complexity index is 768. The van der Waals surface area contributed by atoms with Crippen LogP contribution in [-0.2, 0) is 6.42 Å². The lowest BCUT2D eigenvalue weighted by atomic mass is 9.96. The Labute approximate surface area is 154 Å². The second-order valence-corrected chi connectivity index (χ2v) is 7.39. The van der Waals surface area contributed by atoms with E-state index in [2.05, 4.69) is 51.7 Å². The van der Waals surface area contributed by atoms with Gasteiger partial charge in [0, 0.05) is 17.8 Å². The van der Waals surface area contributed by atoms with Crippen LogP contribution in [0.3, 0.4) is 0 Å². The van der Waals surface area contributed by atoms with Gasteiger partial charge in [0.2, 0.25) is 0 Å². The third-order valence-electron chi connectivity index (χ3n) is 5.42. The smallest absolute Gasteiger partial charge is 0.320 e. The van der Waals surface area contributed by atoms with E-state index in [1.807, 2.05) is 18.3 Å². The van der Waals surface area contributed by atoms with Gasteiger partial charge in [-0.25, -0.2) is 9.78 Å². The van der Waals surface area contributed by atoms with Crippen molar-refractivity contribution in [2.24, 2.45) is 0 Å². The molecule has 1 aliphatic carbocycles. The molecule has 1 aromatic carbocycles. The molecule has 5 heteroatoms. The largest absolute Gasteiger partial charge is 0.337 e. The van der Waals surface area contributed by atoms with Gasteiger partial charge in [-0.2, -0.15) is 0 Å². The van der Waals surface area contributed by atoms with Crippen LogP contribution in [0.5, 0.6) is 0 Å². The second kappa shape index (κ2) is 7.36. The lowest BCUT2D eigenvalue weighted by Gasteiger charge is -2.25. The van der Waals surface area contributed by atoms with Crippen LogP contribution in [0, 0.1) is 0 Å². The summed E-state index contributed by atoms with van der Waals surface area (Å²) in [5.74, 6) is 0.585. The van der Waals surface area contributed by atoms with Crippen LogP contribution in [0.25, 0.3) is 0 Å². The van der Waals surface area contributed by atoms with E-state index in [-0.39, 0.29) is 6.03 Å². The van der Waals surface area contributed by atoms with Crippen molar-refractivity contribution in [2.45, 2.75) is 57.5 Å². The van der Waals surface area contributed by atoms with Gasteiger partial charge >= 0.3 is 6.03 Å². The van der Waals surface area contributed by atoms with Crippen LogP contribution in [0.1, 0.15) is 44.6 Å². The highest BCUT2D eigenvalue weighted by Gasteiger charge is 2.26. The third-order valence-corrected chi connectivity index (χ3v) is 5.42. The zero-order valence-corrected chi connectivity index (χ0v) is 15.2. The van der Waals surface area contributed by atoms with Crippen molar-refractivity contribution in [1.29, 1.82) is 0 Å². The first-order chi connectivity index (χ1) is 12.7. The predicted molar refractivity (Wildman–Crippen MR) is 105 cm³/mol. The fraction of sp³-hybridized carbons (Fsp3) is 0.429. The lowest BCUT2D eigenvalue weighted by molar-refractivity contribution is 0.244. The number of carbonyl (C=O) groups is 1. The maximum atomic E-state index is 12.2. The number of rotatable bonds is 3. The molecule has 0 bridgehead atoms. The van der Waals surface area contributed by atoms with Crippen LogP contribution in [0.15, 0.2) is 42.6 Å². The molecule has 2 heterocycles. The lowest BCUT2D eigenvalue weighted by Crippen LogP contribution is -2.39. The summed E-state index contributed by atoms with van der Waals surface area (Å²) in [6.45, 7) is 2.23. The Morgan fingerprint density at radius 2 is 1.92 bits per heavy atom. The molecule has 0 saturated heterocycles. The summed E-state index contributed by atoms with van der Waals surface area (Å²) >= 11 is 0. The fourth-order valence-electron chi connectivity index (χ4n) is 4.15. The Kier molecular flexibility index (Phi) is 4.78. The van der Waals surface area contributed by atoms with Crippen LogP contribution >= 0.6 is 0 Å². The highest BCUT2D eigenvalue weighted by Crippen LogP contribution is 2.37. The number of hydrogen-bond donors (Lipinski definition) is 2. The van der Waals surface area contributed by atoms with Crippen molar-refractivity contribution >= 4 is 23.2 Å². The van der Waals surface area contributed by atoms with E-state index in [9.17, 15) is 4.79 Å². The predicted octanol–water partition coefficient (Wildman–Crippen LogP) is 4.62. The average Bonchev–Trinajstić information content (AvgIpc) is 2.99. The molecule has 1 aromatic heterocycles. The molecule has 1 saturated carbocycles. The van der Waals surface area contributed by atoms with Crippen LogP contribution < -0.4 is 15.5 Å². The molecule has 5 nitrogen and oxygen atoms in total. The molecule has 1 atom stereocenters. The van der Waals surface area contributed by atoms with E-state index < -0.39 is 0 Å². The summed E-state index contributed by atoms with van der Waals surface area (Å²) in [6.07, 6.45) is 8.72. The van der Waals surface area contributed by atoms with Crippen molar-refractivity contribution in [3.8, 4) is 0 Å². The standard InChI is InChI=1S/C21H26N4O/c1-15-13-16-7-5-6-10-19(16)25(15)18-11-12-20(22-14-18)24-21(26)23-17-8-3-2-4-9-17/h5-7,10-12,14-15,17H,2-4,8-9,13H2,1H3,(H2,22,23,24,26). The van der Waals surface area contributed by atoms with Crippen molar-refractivity contribution in [3.63, 3.8) is 0 Å². The number of nitrogens with one attached hydrogen (secondary N) is 2. The molecule has 0 spiro atoms. The third kappa shape index (κ3) is 3.52. The van der Waals surface area contributed by atoms with E-state index in [1.54, 1.807) is 0 Å². The minimum absolute atomic E-state index is 0.156. The molecule has 1 fully saturated rings. The van der Waals surface area contributed by atoms with Gasteiger partial charge in [0.1, 0.15) is 5.82 Å². The van der Waals surface area contributed by atoms with E-state index in [0.717, 1.165) is 24.9 Å². The van der Waals surface area contributed by atoms with E-state index in [1.165, 1.54) is 30.5 Å². The summed E-state index contributed by atoms with van der Waals surface area (Å²) in [6, 6.07) is 13.0. The molecule has 4 rings (SSSR count). The first-order valence-corrected chi connectivity index (χ1v) is 9.61. The van der Waals surface area contributed by atoms with Gasteiger partial charge in [-0.3, -0.25) is 5.32 Å². The normalized spacial score (nSPS) is 19.9. The van der Waals surface area contributed by atoms with Crippen molar-refractivity contribution in [3.05, 3.63) is 48.2 Å². The Morgan fingerprint density at radius 1 is 1.12 bits per heavy atom. The summed E-state index contributed by atoms with van der Waals surface area (Å²) in [5.41, 5.74) is 3.67. The van der Waals surface area contributed by atoms with Crippen LogP contribution in [0.2, 0.25) is 0 Å². The number of urea groups is 1. The molecule has 2 aliphatic rings. The fourth-order valence-corrected chi connectivity index (χ4v) is 4.15. The van der Waals surface area contributed by atoms with Gasteiger partial charge in [0.15, 0.2) is 0 Å². The number of hydrogen-bond acceptors (Lipinski definition) is 3. The molecule has 2 N–H and O–H groups in total. The van der Waals surface area contributed by atoms with Gasteiger partial charge in [-0.05, 0) is 49.9 Å². The minimum atomic E-state index is -0.156. The van der Waals surface area contributed by atoms with E-state index >= 15 is 0 Å². The number of nitrogens with zero attached hydrogens (tertiary/aromatic N) is 2. The Morgan fingerprint density at radius 3 is 2.69 bits per heavy atom. The number of fused-ring (bicyclic) bond motifs is 1. The summed E-state index contributed by atoms with van der Waals surface area (Å²) in [4.78, 5) is 18.9. The summed E-state index contributed by atoms with van der Waals surface area (Å²) in [7, 11) is 0. The number of benzene rings is 1. The number of amides is 2. The highest BCUT2D eigenvalue weighted by atomic mass is 16.2. The molecule has 2 amide bonds. The minimum Gasteiger partial charge on any atom is -0.337 e. The maximum absolute atomic E-state index is 12.2. The zero-order chi connectivity index (χ0) is 17.9. The monoisotopic (exact) mass is 350 g/mol. The molecule has 2 aromatic rings. The van der Waals surface area contributed by atoms with E-state index in [4.69, 9.17) is 0 Å². The van der Waals surface area contributed by atoms with Crippen LogP contribution in [0.4, 0.5) is 22.0 Å². The molecular weight excluding hydrogens is 324 g/mol. The quantitative estimate of drug-likeness (QED) is 0.849. The van der Waals surface area contributed by atoms with Crippen molar-refractivity contribution in [1.82, 2.24) is 10.3 Å². The average molecular weight is 350 g/mol. The van der Waals surface area contributed by atoms with Gasteiger partial charge in [0.05, 0.1) is 11.9 Å². The Hall–Kier alpha value is -2.56. The Balaban J connectivity index is 1.41. The highest BCUT2D eigenvalue weighted by molar-refractivity contribution is 5.88. The van der Waals surface area contributed by atoms with Crippen LogP contribution in [-0.4, -0.2) is 23.1 Å². The second-order valence-electron chi connectivity index (χ2n) is 7.39. The molecule has 0 radical (unpaired) electrons. The molecule has 1 aliphatic heterocycles. The molecular formula is C21H26N4O. The van der Waals surface area contributed by atoms with Crippen molar-refractivity contribution < 1.29 is 4.79 Å². The molecule has 1 unspecified atom stereocenters. The first-order valence-electron chi connectivity index (χ1n) is 9.61. The number of aromatic nitrogens is 1. The summed E-state index contributed by atoms with van der Waals surface area (Å²) < 4.78 is 0. The maximum Gasteiger partial charge on any atom is 0.320 e. The number of carbonyl (C=O) groups excluding carboxylic acids is 1. The molecule has 136 valence electrons.